The minimum atomic E-state index is -0.931. The molecule has 1 aromatic rings. The fourth-order valence-electron chi connectivity index (χ4n) is 4.26. The normalized spacial score (nSPS) is 17.3. The summed E-state index contributed by atoms with van der Waals surface area (Å²) in [5, 5.41) is 8.83. The Morgan fingerprint density at radius 1 is 1.07 bits per heavy atom. The lowest BCUT2D eigenvalue weighted by Gasteiger charge is -2.42. The number of rotatable bonds is 7. The predicted molar refractivity (Wildman–Crippen MR) is 127 cm³/mol. The highest BCUT2D eigenvalue weighted by Crippen LogP contribution is 2.46. The Labute approximate surface area is 183 Å². The summed E-state index contributed by atoms with van der Waals surface area (Å²) in [5.74, 6) is 5.57. The average molecular weight is 407 g/mol. The molecule has 0 unspecified atom stereocenters. The molecule has 1 N–H and O–H groups in total. The van der Waals surface area contributed by atoms with Gasteiger partial charge in [0.2, 0.25) is 0 Å². The van der Waals surface area contributed by atoms with Crippen molar-refractivity contribution in [3.8, 4) is 11.8 Å². The molecule has 0 radical (unpaired) electrons. The van der Waals surface area contributed by atoms with Crippen LogP contribution in [-0.2, 0) is 22.0 Å². The van der Waals surface area contributed by atoms with Gasteiger partial charge in [-0.3, -0.25) is 0 Å². The number of aliphatic carboxylic acids is 1. The smallest absolute Gasteiger partial charge is 0.328 e. The monoisotopic (exact) mass is 406 g/mol. The van der Waals surface area contributed by atoms with Crippen LogP contribution in [0.3, 0.4) is 0 Å². The molecule has 1 aromatic carbocycles. The molecule has 1 aliphatic rings. The number of hydrogen-bond donors (Lipinski definition) is 1. The van der Waals surface area contributed by atoms with Crippen LogP contribution >= 0.6 is 0 Å². The molecule has 0 aromatic heterocycles. The van der Waals surface area contributed by atoms with Gasteiger partial charge in [-0.2, -0.15) is 0 Å². The summed E-state index contributed by atoms with van der Waals surface area (Å²) in [6.45, 7) is 13.4. The van der Waals surface area contributed by atoms with Gasteiger partial charge in [0.15, 0.2) is 0 Å². The molecule has 0 fully saturated rings. The summed E-state index contributed by atoms with van der Waals surface area (Å²) in [5.41, 5.74) is 6.46. The van der Waals surface area contributed by atoms with Gasteiger partial charge in [0.1, 0.15) is 0 Å². The number of benzene rings is 1. The van der Waals surface area contributed by atoms with Gasteiger partial charge >= 0.3 is 5.97 Å². The Bertz CT molecular complexity index is 885. The van der Waals surface area contributed by atoms with Crippen molar-refractivity contribution in [2.24, 2.45) is 0 Å². The molecule has 2 heteroatoms. The second-order valence-electron chi connectivity index (χ2n) is 9.96. The van der Waals surface area contributed by atoms with E-state index in [4.69, 9.17) is 5.11 Å². The Hall–Kier alpha value is -2.27. The van der Waals surface area contributed by atoms with Gasteiger partial charge in [0.25, 0.3) is 0 Å². The first-order valence-electron chi connectivity index (χ1n) is 11.3. The Kier molecular flexibility index (Phi) is 8.13. The maximum atomic E-state index is 10.8. The quantitative estimate of drug-likeness (QED) is 0.227. The van der Waals surface area contributed by atoms with Crippen molar-refractivity contribution in [3.63, 3.8) is 0 Å². The molecule has 0 heterocycles. The number of unbranched alkanes of at least 4 members (excludes halogenated alkanes) is 3. The second kappa shape index (κ2) is 10.2. The van der Waals surface area contributed by atoms with Crippen LogP contribution in [-0.4, -0.2) is 11.1 Å². The third-order valence-corrected chi connectivity index (χ3v) is 6.36. The largest absolute Gasteiger partial charge is 0.478 e. The highest BCUT2D eigenvalue weighted by Gasteiger charge is 2.37. The van der Waals surface area contributed by atoms with Crippen LogP contribution in [0.4, 0.5) is 0 Å². The van der Waals surface area contributed by atoms with E-state index in [1.165, 1.54) is 61.3 Å². The predicted octanol–water partition coefficient (Wildman–Crippen LogP) is 7.10. The van der Waals surface area contributed by atoms with Gasteiger partial charge in [-0.15, -0.1) is 0 Å². The zero-order valence-corrected chi connectivity index (χ0v) is 19.7. The van der Waals surface area contributed by atoms with Crippen molar-refractivity contribution in [1.82, 2.24) is 0 Å². The number of carbonyl (C=O) groups is 1. The first-order chi connectivity index (χ1) is 14.1. The second-order valence-corrected chi connectivity index (χ2v) is 9.96. The summed E-state index contributed by atoms with van der Waals surface area (Å²) in [7, 11) is 0. The molecule has 0 spiro atoms. The first-order valence-corrected chi connectivity index (χ1v) is 11.3. The molecule has 0 aliphatic heterocycles. The Balaban J connectivity index is 2.43. The van der Waals surface area contributed by atoms with Crippen LogP contribution < -0.4 is 0 Å². The zero-order valence-electron chi connectivity index (χ0n) is 19.7. The Morgan fingerprint density at radius 2 is 1.70 bits per heavy atom. The SMILES string of the molecule is CCCCCCc1cc2c(cc1C#CC=CC(C)=CC(=O)O)C(C)(C)CCC2(C)C. The van der Waals surface area contributed by atoms with E-state index in [2.05, 4.69) is 58.6 Å². The first kappa shape index (κ1) is 24.0. The van der Waals surface area contributed by atoms with Gasteiger partial charge < -0.3 is 5.11 Å². The van der Waals surface area contributed by atoms with E-state index >= 15 is 0 Å². The van der Waals surface area contributed by atoms with Gasteiger partial charge in [-0.05, 0) is 77.8 Å². The number of allylic oxidation sites excluding steroid dienone is 3. The van der Waals surface area contributed by atoms with E-state index in [0.29, 0.717) is 5.57 Å². The topological polar surface area (TPSA) is 37.3 Å². The average Bonchev–Trinajstić information content (AvgIpc) is 2.66. The van der Waals surface area contributed by atoms with Crippen LogP contribution in [0.25, 0.3) is 0 Å². The van der Waals surface area contributed by atoms with Crippen LogP contribution in [0.15, 0.2) is 35.9 Å². The maximum absolute atomic E-state index is 10.8. The molecule has 2 nitrogen and oxygen atoms in total. The standard InChI is InChI=1S/C28H38O2/c1-7-8-9-10-14-22-19-24-25(28(5,6)17-16-27(24,3)4)20-23(22)15-12-11-13-21(2)18-26(29)30/h11,13,18-20H,7-10,14,16-17H2,1-6H3,(H,29,30). The molecule has 162 valence electrons. The lowest BCUT2D eigenvalue weighted by atomic mass is 9.62. The molecular weight excluding hydrogens is 368 g/mol. The van der Waals surface area contributed by atoms with E-state index in [9.17, 15) is 4.79 Å². The minimum Gasteiger partial charge on any atom is -0.478 e. The van der Waals surface area contributed by atoms with Gasteiger partial charge in [-0.1, -0.05) is 77.9 Å². The van der Waals surface area contributed by atoms with E-state index in [0.717, 1.165) is 12.0 Å². The summed E-state index contributed by atoms with van der Waals surface area (Å²) in [4.78, 5) is 10.8. The van der Waals surface area contributed by atoms with Crippen molar-refractivity contribution >= 4 is 5.97 Å². The molecule has 0 saturated heterocycles. The van der Waals surface area contributed by atoms with Crippen molar-refractivity contribution in [2.45, 2.75) is 97.3 Å². The van der Waals surface area contributed by atoms with Crippen LogP contribution in [0, 0.1) is 11.8 Å². The number of carboxylic acid groups (broad SMARTS) is 1. The van der Waals surface area contributed by atoms with Crippen molar-refractivity contribution in [1.29, 1.82) is 0 Å². The summed E-state index contributed by atoms with van der Waals surface area (Å²) in [6.07, 6.45) is 13.2. The van der Waals surface area contributed by atoms with Gasteiger partial charge in [-0.25, -0.2) is 4.79 Å². The zero-order chi connectivity index (χ0) is 22.4. The van der Waals surface area contributed by atoms with Crippen molar-refractivity contribution in [3.05, 3.63) is 58.2 Å². The fraction of sp³-hybridized carbons (Fsp3) is 0.536. The number of carboxylic acids is 1. The third kappa shape index (κ3) is 6.36. The van der Waals surface area contributed by atoms with E-state index in [-0.39, 0.29) is 10.8 Å². The molecule has 0 saturated carbocycles. The van der Waals surface area contributed by atoms with Gasteiger partial charge in [0.05, 0.1) is 0 Å². The van der Waals surface area contributed by atoms with Crippen molar-refractivity contribution in [2.75, 3.05) is 0 Å². The summed E-state index contributed by atoms with van der Waals surface area (Å²) in [6, 6.07) is 4.78. The molecule has 0 atom stereocenters. The molecule has 1 aliphatic carbocycles. The number of aryl methyl sites for hydroxylation is 1. The minimum absolute atomic E-state index is 0.165. The summed E-state index contributed by atoms with van der Waals surface area (Å²) >= 11 is 0. The maximum Gasteiger partial charge on any atom is 0.328 e. The lowest BCUT2D eigenvalue weighted by Crippen LogP contribution is -2.34. The highest BCUT2D eigenvalue weighted by molar-refractivity contribution is 5.81. The molecule has 30 heavy (non-hydrogen) atoms. The van der Waals surface area contributed by atoms with Crippen LogP contribution in [0.1, 0.15) is 102 Å². The van der Waals surface area contributed by atoms with Crippen LogP contribution in [0.2, 0.25) is 0 Å². The Morgan fingerprint density at radius 3 is 2.30 bits per heavy atom. The van der Waals surface area contributed by atoms with Gasteiger partial charge in [0, 0.05) is 11.6 Å². The molecule has 2 rings (SSSR count). The van der Waals surface area contributed by atoms with E-state index < -0.39 is 5.97 Å². The lowest BCUT2D eigenvalue weighted by molar-refractivity contribution is -0.131. The molecule has 0 bridgehead atoms. The highest BCUT2D eigenvalue weighted by atomic mass is 16.4. The van der Waals surface area contributed by atoms with Crippen molar-refractivity contribution < 1.29 is 9.90 Å². The number of fused-ring (bicyclic) bond motifs is 1. The third-order valence-electron chi connectivity index (χ3n) is 6.36. The fourth-order valence-corrected chi connectivity index (χ4v) is 4.26. The number of hydrogen-bond acceptors (Lipinski definition) is 1. The van der Waals surface area contributed by atoms with E-state index in [1.54, 1.807) is 19.1 Å². The molecular formula is C28H38O2. The summed E-state index contributed by atoms with van der Waals surface area (Å²) < 4.78 is 0. The van der Waals surface area contributed by atoms with Crippen LogP contribution in [0.5, 0.6) is 0 Å². The molecule has 0 amide bonds. The van der Waals surface area contributed by atoms with E-state index in [1.807, 2.05) is 0 Å².